The summed E-state index contributed by atoms with van der Waals surface area (Å²) in [4.78, 5) is 0. The van der Waals surface area contributed by atoms with Gasteiger partial charge in [0.15, 0.2) is 0 Å². The van der Waals surface area contributed by atoms with Crippen LogP contribution in [0.15, 0.2) is 0 Å². The standard InChI is InChI=1S/C14H31N3O2S/c1-5-10-16(11-6-2)20(18,19)17(13(3)4)12-14-8-7-9-15-14/h13-15H,5-12H2,1-4H3. The van der Waals surface area contributed by atoms with Crippen molar-refractivity contribution in [3.63, 3.8) is 0 Å². The topological polar surface area (TPSA) is 52.7 Å². The average molecular weight is 305 g/mol. The van der Waals surface area contributed by atoms with E-state index in [1.54, 1.807) is 8.61 Å². The summed E-state index contributed by atoms with van der Waals surface area (Å²) in [6.45, 7) is 10.8. The summed E-state index contributed by atoms with van der Waals surface area (Å²) in [6.07, 6.45) is 3.92. The van der Waals surface area contributed by atoms with Gasteiger partial charge in [-0.05, 0) is 46.1 Å². The number of nitrogens with zero attached hydrogens (tertiary/aromatic N) is 2. The maximum Gasteiger partial charge on any atom is 0.282 e. The first-order chi connectivity index (χ1) is 9.43. The number of hydrogen-bond acceptors (Lipinski definition) is 3. The van der Waals surface area contributed by atoms with Crippen LogP contribution in [0.5, 0.6) is 0 Å². The van der Waals surface area contributed by atoms with Crippen molar-refractivity contribution in [2.45, 2.75) is 65.5 Å². The van der Waals surface area contributed by atoms with Gasteiger partial charge in [-0.25, -0.2) is 0 Å². The molecule has 1 rings (SSSR count). The molecule has 0 radical (unpaired) electrons. The van der Waals surface area contributed by atoms with Crippen molar-refractivity contribution in [2.24, 2.45) is 0 Å². The Bertz CT molecular complexity index is 359. The van der Waals surface area contributed by atoms with Gasteiger partial charge < -0.3 is 5.32 Å². The molecular weight excluding hydrogens is 274 g/mol. The quantitative estimate of drug-likeness (QED) is 0.707. The van der Waals surface area contributed by atoms with Gasteiger partial charge in [0.05, 0.1) is 0 Å². The second kappa shape index (κ2) is 8.32. The number of nitrogens with one attached hydrogen (secondary N) is 1. The molecule has 1 unspecified atom stereocenters. The molecule has 5 nitrogen and oxygen atoms in total. The van der Waals surface area contributed by atoms with Crippen molar-refractivity contribution in [3.8, 4) is 0 Å². The predicted octanol–water partition coefficient (Wildman–Crippen LogP) is 1.82. The molecule has 1 aliphatic heterocycles. The molecule has 1 fully saturated rings. The Hall–Kier alpha value is -0.170. The van der Waals surface area contributed by atoms with E-state index in [0.29, 0.717) is 25.7 Å². The molecule has 1 atom stereocenters. The zero-order chi connectivity index (χ0) is 15.2. The fourth-order valence-electron chi connectivity index (χ4n) is 2.69. The maximum absolute atomic E-state index is 12.9. The third-order valence-electron chi connectivity index (χ3n) is 3.71. The third kappa shape index (κ3) is 4.69. The molecule has 0 amide bonds. The molecule has 1 N–H and O–H groups in total. The lowest BCUT2D eigenvalue weighted by atomic mass is 10.2. The third-order valence-corrected chi connectivity index (χ3v) is 5.89. The maximum atomic E-state index is 12.9. The van der Waals surface area contributed by atoms with Crippen molar-refractivity contribution in [1.82, 2.24) is 13.9 Å². The van der Waals surface area contributed by atoms with Crippen LogP contribution in [0.25, 0.3) is 0 Å². The average Bonchev–Trinajstić information content (AvgIpc) is 2.88. The Kier molecular flexibility index (Phi) is 7.43. The molecule has 20 heavy (non-hydrogen) atoms. The molecule has 6 heteroatoms. The lowest BCUT2D eigenvalue weighted by Gasteiger charge is -2.33. The first-order valence-electron chi connectivity index (χ1n) is 7.93. The van der Waals surface area contributed by atoms with Crippen molar-refractivity contribution in [2.75, 3.05) is 26.2 Å². The van der Waals surface area contributed by atoms with Gasteiger partial charge in [0.2, 0.25) is 0 Å². The Morgan fingerprint density at radius 2 is 1.80 bits per heavy atom. The Balaban J connectivity index is 2.85. The smallest absolute Gasteiger partial charge is 0.282 e. The predicted molar refractivity (Wildman–Crippen MR) is 83.9 cm³/mol. The van der Waals surface area contributed by atoms with Crippen molar-refractivity contribution >= 4 is 10.2 Å². The van der Waals surface area contributed by atoms with E-state index >= 15 is 0 Å². The fraction of sp³-hybridized carbons (Fsp3) is 1.00. The van der Waals surface area contributed by atoms with Crippen LogP contribution < -0.4 is 5.32 Å². The Labute approximate surface area is 124 Å². The minimum Gasteiger partial charge on any atom is -0.313 e. The Morgan fingerprint density at radius 1 is 1.20 bits per heavy atom. The van der Waals surface area contributed by atoms with Crippen LogP contribution in [0.1, 0.15) is 53.4 Å². The van der Waals surface area contributed by atoms with Gasteiger partial charge in [-0.2, -0.15) is 17.0 Å². The van der Waals surface area contributed by atoms with Gasteiger partial charge in [-0.15, -0.1) is 0 Å². The second-order valence-electron chi connectivity index (χ2n) is 5.86. The van der Waals surface area contributed by atoms with Crippen molar-refractivity contribution in [3.05, 3.63) is 0 Å². The lowest BCUT2D eigenvalue weighted by molar-refractivity contribution is 0.284. The monoisotopic (exact) mass is 305 g/mol. The molecule has 1 aliphatic rings. The normalized spacial score (nSPS) is 20.4. The van der Waals surface area contributed by atoms with Crippen LogP contribution in [0.3, 0.4) is 0 Å². The van der Waals surface area contributed by atoms with E-state index < -0.39 is 10.2 Å². The van der Waals surface area contributed by atoms with E-state index in [9.17, 15) is 8.42 Å². The van der Waals surface area contributed by atoms with Gasteiger partial charge in [0, 0.05) is 31.7 Å². The molecule has 0 aliphatic carbocycles. The van der Waals surface area contributed by atoms with Crippen LogP contribution in [-0.4, -0.2) is 55.3 Å². The largest absolute Gasteiger partial charge is 0.313 e. The lowest BCUT2D eigenvalue weighted by Crippen LogP contribution is -2.51. The molecule has 1 heterocycles. The summed E-state index contributed by atoms with van der Waals surface area (Å²) >= 11 is 0. The minimum absolute atomic E-state index is 0.00128. The first-order valence-corrected chi connectivity index (χ1v) is 9.33. The van der Waals surface area contributed by atoms with E-state index in [1.165, 1.54) is 0 Å². The minimum atomic E-state index is -3.35. The van der Waals surface area contributed by atoms with E-state index in [0.717, 1.165) is 32.2 Å². The summed E-state index contributed by atoms with van der Waals surface area (Å²) in [5, 5.41) is 3.39. The summed E-state index contributed by atoms with van der Waals surface area (Å²) in [5.74, 6) is 0. The molecule has 0 spiro atoms. The van der Waals surface area contributed by atoms with Gasteiger partial charge in [-0.3, -0.25) is 0 Å². The molecule has 1 saturated heterocycles. The second-order valence-corrected chi connectivity index (χ2v) is 7.74. The fourth-order valence-corrected chi connectivity index (χ4v) is 4.72. The summed E-state index contributed by atoms with van der Waals surface area (Å²) in [7, 11) is -3.35. The van der Waals surface area contributed by atoms with E-state index in [-0.39, 0.29) is 6.04 Å². The van der Waals surface area contributed by atoms with E-state index in [1.807, 2.05) is 27.7 Å². The molecule has 0 aromatic heterocycles. The van der Waals surface area contributed by atoms with E-state index in [4.69, 9.17) is 0 Å². The van der Waals surface area contributed by atoms with Crippen LogP contribution in [-0.2, 0) is 10.2 Å². The highest BCUT2D eigenvalue weighted by atomic mass is 32.2. The van der Waals surface area contributed by atoms with Crippen LogP contribution in [0.2, 0.25) is 0 Å². The van der Waals surface area contributed by atoms with Gasteiger partial charge in [0.25, 0.3) is 10.2 Å². The molecular formula is C14H31N3O2S. The highest BCUT2D eigenvalue weighted by Gasteiger charge is 2.33. The first kappa shape index (κ1) is 17.9. The van der Waals surface area contributed by atoms with Crippen LogP contribution in [0, 0.1) is 0 Å². The van der Waals surface area contributed by atoms with Crippen molar-refractivity contribution < 1.29 is 8.42 Å². The highest BCUT2D eigenvalue weighted by Crippen LogP contribution is 2.17. The zero-order valence-corrected chi connectivity index (χ0v) is 14.2. The SMILES string of the molecule is CCCN(CCC)S(=O)(=O)N(CC1CCCN1)C(C)C. The highest BCUT2D eigenvalue weighted by molar-refractivity contribution is 7.86. The Morgan fingerprint density at radius 3 is 2.20 bits per heavy atom. The summed E-state index contributed by atoms with van der Waals surface area (Å²) in [6, 6.07) is 0.302. The van der Waals surface area contributed by atoms with Crippen molar-refractivity contribution in [1.29, 1.82) is 0 Å². The zero-order valence-electron chi connectivity index (χ0n) is 13.4. The molecule has 0 aromatic rings. The molecule has 0 aromatic carbocycles. The van der Waals surface area contributed by atoms with Crippen LogP contribution in [0.4, 0.5) is 0 Å². The number of rotatable bonds is 9. The van der Waals surface area contributed by atoms with Gasteiger partial charge >= 0.3 is 0 Å². The van der Waals surface area contributed by atoms with Crippen LogP contribution >= 0.6 is 0 Å². The molecule has 0 saturated carbocycles. The molecule has 120 valence electrons. The van der Waals surface area contributed by atoms with Gasteiger partial charge in [0.1, 0.15) is 0 Å². The molecule has 0 bridgehead atoms. The summed E-state index contributed by atoms with van der Waals surface area (Å²) in [5.41, 5.74) is 0. The van der Waals surface area contributed by atoms with E-state index in [2.05, 4.69) is 5.32 Å². The van der Waals surface area contributed by atoms with Gasteiger partial charge in [-0.1, -0.05) is 13.8 Å². The summed E-state index contributed by atoms with van der Waals surface area (Å²) < 4.78 is 29.0. The number of hydrogen-bond donors (Lipinski definition) is 1.